The van der Waals surface area contributed by atoms with Gasteiger partial charge in [0.25, 0.3) is 0 Å². The molecule has 1 unspecified atom stereocenters. The van der Waals surface area contributed by atoms with Gasteiger partial charge in [-0.15, -0.1) is 0 Å². The van der Waals surface area contributed by atoms with Crippen molar-refractivity contribution in [2.75, 3.05) is 18.8 Å². The third kappa shape index (κ3) is 2.74. The van der Waals surface area contributed by atoms with Gasteiger partial charge in [-0.2, -0.15) is 0 Å². The summed E-state index contributed by atoms with van der Waals surface area (Å²) in [7, 11) is 0. The smallest absolute Gasteiger partial charge is 0.0812 e. The summed E-state index contributed by atoms with van der Waals surface area (Å²) in [5.41, 5.74) is 7.43. The first kappa shape index (κ1) is 11.4. The summed E-state index contributed by atoms with van der Waals surface area (Å²) in [6.45, 7) is 2.14. The Morgan fingerprint density at radius 1 is 1.31 bits per heavy atom. The van der Waals surface area contributed by atoms with Crippen LogP contribution in [0.25, 0.3) is 0 Å². The lowest BCUT2D eigenvalue weighted by Gasteiger charge is -2.25. The van der Waals surface area contributed by atoms with Crippen LogP contribution in [0.3, 0.4) is 0 Å². The second-order valence-electron chi connectivity index (χ2n) is 4.57. The van der Waals surface area contributed by atoms with Crippen molar-refractivity contribution in [3.05, 3.63) is 29.8 Å². The lowest BCUT2D eigenvalue weighted by atomic mass is 9.89. The number of para-hydroxylation sites is 1. The van der Waals surface area contributed by atoms with E-state index in [0.717, 1.165) is 37.9 Å². The van der Waals surface area contributed by atoms with E-state index in [1.165, 1.54) is 0 Å². The normalized spacial score (nSPS) is 19.6. The van der Waals surface area contributed by atoms with Gasteiger partial charge in [-0.05, 0) is 44.3 Å². The van der Waals surface area contributed by atoms with Crippen LogP contribution in [0.5, 0.6) is 0 Å². The molecule has 1 saturated heterocycles. The van der Waals surface area contributed by atoms with Crippen LogP contribution >= 0.6 is 0 Å². The molecule has 0 aliphatic carbocycles. The van der Waals surface area contributed by atoms with Gasteiger partial charge in [-0.3, -0.25) is 0 Å². The van der Waals surface area contributed by atoms with Crippen molar-refractivity contribution in [2.45, 2.75) is 25.4 Å². The highest BCUT2D eigenvalue weighted by Gasteiger charge is 2.19. The summed E-state index contributed by atoms with van der Waals surface area (Å²) in [5, 5.41) is 13.5. The number of piperidine rings is 1. The first-order chi connectivity index (χ1) is 7.77. The zero-order valence-corrected chi connectivity index (χ0v) is 9.52. The average Bonchev–Trinajstić information content (AvgIpc) is 2.31. The zero-order chi connectivity index (χ0) is 11.4. The Balaban J connectivity index is 1.96. The molecule has 4 N–H and O–H groups in total. The number of hydrogen-bond acceptors (Lipinski definition) is 3. The number of nitrogens with two attached hydrogens (primary N) is 1. The molecule has 1 heterocycles. The molecule has 16 heavy (non-hydrogen) atoms. The third-order valence-electron chi connectivity index (χ3n) is 3.37. The number of hydrogen-bond donors (Lipinski definition) is 3. The summed E-state index contributed by atoms with van der Waals surface area (Å²) in [5.74, 6) is 0.621. The van der Waals surface area contributed by atoms with Crippen LogP contribution in [0.4, 0.5) is 5.69 Å². The number of aliphatic hydroxyl groups is 1. The van der Waals surface area contributed by atoms with Gasteiger partial charge in [-0.25, -0.2) is 0 Å². The van der Waals surface area contributed by atoms with Crippen molar-refractivity contribution in [3.8, 4) is 0 Å². The minimum absolute atomic E-state index is 0.413. The van der Waals surface area contributed by atoms with E-state index in [4.69, 9.17) is 5.73 Å². The molecule has 1 aliphatic heterocycles. The lowest BCUT2D eigenvalue weighted by molar-refractivity contribution is 0.134. The summed E-state index contributed by atoms with van der Waals surface area (Å²) < 4.78 is 0. The molecular formula is C13H20N2O. The Morgan fingerprint density at radius 3 is 2.69 bits per heavy atom. The first-order valence-corrected chi connectivity index (χ1v) is 6.00. The number of nitrogens with one attached hydrogen (secondary N) is 1. The van der Waals surface area contributed by atoms with E-state index in [1.807, 2.05) is 24.3 Å². The van der Waals surface area contributed by atoms with Crippen molar-refractivity contribution in [3.63, 3.8) is 0 Å². The van der Waals surface area contributed by atoms with E-state index in [-0.39, 0.29) is 0 Å². The van der Waals surface area contributed by atoms with Gasteiger partial charge in [0.05, 0.1) is 6.10 Å². The van der Waals surface area contributed by atoms with Crippen LogP contribution in [0.15, 0.2) is 24.3 Å². The number of benzene rings is 1. The molecule has 1 atom stereocenters. The molecule has 3 heteroatoms. The van der Waals surface area contributed by atoms with Gasteiger partial charge in [0.1, 0.15) is 0 Å². The zero-order valence-electron chi connectivity index (χ0n) is 9.52. The maximum atomic E-state index is 10.2. The molecule has 0 radical (unpaired) electrons. The average molecular weight is 220 g/mol. The van der Waals surface area contributed by atoms with Gasteiger partial charge in [0.15, 0.2) is 0 Å². The predicted molar refractivity (Wildman–Crippen MR) is 66.0 cm³/mol. The van der Waals surface area contributed by atoms with E-state index in [0.29, 0.717) is 11.6 Å². The van der Waals surface area contributed by atoms with Crippen LogP contribution in [0.2, 0.25) is 0 Å². The highest BCUT2D eigenvalue weighted by atomic mass is 16.3. The van der Waals surface area contributed by atoms with Gasteiger partial charge in [-0.1, -0.05) is 18.2 Å². The van der Waals surface area contributed by atoms with Gasteiger partial charge in [0, 0.05) is 11.3 Å². The number of anilines is 1. The van der Waals surface area contributed by atoms with E-state index in [9.17, 15) is 5.11 Å². The Kier molecular flexibility index (Phi) is 3.80. The predicted octanol–water partition coefficient (Wildman–Crippen LogP) is 1.69. The molecule has 3 nitrogen and oxygen atoms in total. The maximum Gasteiger partial charge on any atom is 0.0812 e. The Hall–Kier alpha value is -1.06. The SMILES string of the molecule is Nc1ccccc1C(O)CC1CCNCC1. The fraction of sp³-hybridized carbons (Fsp3) is 0.538. The van der Waals surface area contributed by atoms with Crippen LogP contribution in [0.1, 0.15) is 30.9 Å². The van der Waals surface area contributed by atoms with E-state index < -0.39 is 6.10 Å². The van der Waals surface area contributed by atoms with Crippen molar-refractivity contribution in [2.24, 2.45) is 5.92 Å². The fourth-order valence-corrected chi connectivity index (χ4v) is 2.37. The molecule has 0 bridgehead atoms. The molecule has 1 aromatic carbocycles. The molecule has 0 saturated carbocycles. The highest BCUT2D eigenvalue weighted by Crippen LogP contribution is 2.29. The summed E-state index contributed by atoms with van der Waals surface area (Å²) in [4.78, 5) is 0. The summed E-state index contributed by atoms with van der Waals surface area (Å²) >= 11 is 0. The molecule has 0 aromatic heterocycles. The van der Waals surface area contributed by atoms with Crippen LogP contribution in [-0.2, 0) is 0 Å². The minimum Gasteiger partial charge on any atom is -0.398 e. The van der Waals surface area contributed by atoms with Crippen molar-refractivity contribution < 1.29 is 5.11 Å². The Labute approximate surface area is 96.7 Å². The summed E-state index contributed by atoms with van der Waals surface area (Å²) in [6.07, 6.45) is 2.73. The lowest BCUT2D eigenvalue weighted by Crippen LogP contribution is -2.28. The minimum atomic E-state index is -0.413. The Morgan fingerprint density at radius 2 is 2.00 bits per heavy atom. The van der Waals surface area contributed by atoms with E-state index in [2.05, 4.69) is 5.32 Å². The molecule has 1 aromatic rings. The first-order valence-electron chi connectivity index (χ1n) is 6.00. The number of aliphatic hydroxyl groups excluding tert-OH is 1. The highest BCUT2D eigenvalue weighted by molar-refractivity contribution is 5.47. The molecule has 1 fully saturated rings. The van der Waals surface area contributed by atoms with E-state index >= 15 is 0 Å². The second-order valence-corrected chi connectivity index (χ2v) is 4.57. The second kappa shape index (κ2) is 5.32. The number of nitrogen functional groups attached to an aromatic ring is 1. The van der Waals surface area contributed by atoms with Gasteiger partial charge < -0.3 is 16.2 Å². The maximum absolute atomic E-state index is 10.2. The summed E-state index contributed by atoms with van der Waals surface area (Å²) in [6, 6.07) is 7.59. The quantitative estimate of drug-likeness (QED) is 0.679. The molecule has 1 aliphatic rings. The van der Waals surface area contributed by atoms with Crippen molar-refractivity contribution >= 4 is 5.69 Å². The largest absolute Gasteiger partial charge is 0.398 e. The molecule has 0 spiro atoms. The Bertz CT molecular complexity index is 334. The number of rotatable bonds is 3. The molecule has 0 amide bonds. The van der Waals surface area contributed by atoms with Gasteiger partial charge in [0.2, 0.25) is 0 Å². The van der Waals surface area contributed by atoms with Crippen LogP contribution < -0.4 is 11.1 Å². The standard InChI is InChI=1S/C13H20N2O/c14-12-4-2-1-3-11(12)13(16)9-10-5-7-15-8-6-10/h1-4,10,13,15-16H,5-9,14H2. The molecular weight excluding hydrogens is 200 g/mol. The van der Waals surface area contributed by atoms with Crippen molar-refractivity contribution in [1.29, 1.82) is 0 Å². The van der Waals surface area contributed by atoms with Crippen molar-refractivity contribution in [1.82, 2.24) is 5.32 Å². The molecule has 88 valence electrons. The fourth-order valence-electron chi connectivity index (χ4n) is 2.37. The monoisotopic (exact) mass is 220 g/mol. The topological polar surface area (TPSA) is 58.3 Å². The van der Waals surface area contributed by atoms with Crippen LogP contribution in [-0.4, -0.2) is 18.2 Å². The molecule has 2 rings (SSSR count). The van der Waals surface area contributed by atoms with Gasteiger partial charge >= 0.3 is 0 Å². The van der Waals surface area contributed by atoms with E-state index in [1.54, 1.807) is 0 Å². The third-order valence-corrected chi connectivity index (χ3v) is 3.37. The van der Waals surface area contributed by atoms with Crippen LogP contribution in [0, 0.1) is 5.92 Å².